The molecule has 7 nitrogen and oxygen atoms in total. The number of hydrogen-bond donors (Lipinski definition) is 1. The summed E-state index contributed by atoms with van der Waals surface area (Å²) < 4.78 is 15.0. The first-order valence-corrected chi connectivity index (χ1v) is 10.6. The number of rotatable bonds is 8. The summed E-state index contributed by atoms with van der Waals surface area (Å²) in [6, 6.07) is 13.8. The van der Waals surface area contributed by atoms with Crippen molar-refractivity contribution in [3.63, 3.8) is 0 Å². The van der Waals surface area contributed by atoms with Crippen molar-refractivity contribution in [1.82, 2.24) is 14.1 Å². The van der Waals surface area contributed by atoms with Crippen molar-refractivity contribution >= 4 is 16.9 Å². The van der Waals surface area contributed by atoms with Crippen LogP contribution in [-0.4, -0.2) is 44.5 Å². The molecule has 2 aromatic heterocycles. The van der Waals surface area contributed by atoms with Crippen LogP contribution < -0.4 is 4.74 Å². The fraction of sp³-hybridized carbons (Fsp3) is 0.280. The number of aryl methyl sites for hydroxylation is 1. The third kappa shape index (κ3) is 4.38. The van der Waals surface area contributed by atoms with Gasteiger partial charge in [0.1, 0.15) is 18.5 Å². The number of carbonyl (C=O) groups excluding carboxylic acids is 1. The smallest absolute Gasteiger partial charge is 0.340 e. The second-order valence-corrected chi connectivity index (χ2v) is 7.76. The van der Waals surface area contributed by atoms with Crippen LogP contribution in [0, 0.1) is 13.8 Å². The topological polar surface area (TPSA) is 78.5 Å². The van der Waals surface area contributed by atoms with Crippen molar-refractivity contribution in [2.24, 2.45) is 0 Å². The van der Waals surface area contributed by atoms with Gasteiger partial charge < -0.3 is 23.7 Å². The molecule has 1 N–H and O–H groups in total. The summed E-state index contributed by atoms with van der Waals surface area (Å²) in [5.74, 6) is 0.215. The van der Waals surface area contributed by atoms with Gasteiger partial charge >= 0.3 is 5.97 Å². The Morgan fingerprint density at radius 2 is 1.94 bits per heavy atom. The molecule has 0 spiro atoms. The molecule has 0 saturated heterocycles. The van der Waals surface area contributed by atoms with Gasteiger partial charge in [0.15, 0.2) is 0 Å². The molecule has 0 amide bonds. The van der Waals surface area contributed by atoms with Gasteiger partial charge in [0.05, 0.1) is 30.6 Å². The highest BCUT2D eigenvalue weighted by molar-refractivity contribution is 6.07. The Bertz CT molecular complexity index is 1210. The number of fused-ring (bicyclic) bond motifs is 1. The Kier molecular flexibility index (Phi) is 6.28. The van der Waals surface area contributed by atoms with E-state index in [1.54, 1.807) is 30.2 Å². The summed E-state index contributed by atoms with van der Waals surface area (Å²) in [5, 5.41) is 11.0. The van der Waals surface area contributed by atoms with Crippen molar-refractivity contribution in [2.75, 3.05) is 13.2 Å². The van der Waals surface area contributed by atoms with E-state index in [1.165, 1.54) is 5.56 Å². The lowest BCUT2D eigenvalue weighted by molar-refractivity contribution is 0.0527. The van der Waals surface area contributed by atoms with E-state index < -0.39 is 6.10 Å². The molecule has 0 fully saturated rings. The first kappa shape index (κ1) is 21.6. The number of carbonyl (C=O) groups is 1. The number of aliphatic hydroxyl groups is 1. The monoisotopic (exact) mass is 433 g/mol. The SMILES string of the molecule is CCOC(=O)c1c(C)n(-c2ccc(C)cc2)c2ccc(OC[C@H](O)Cn3ccnc3)cc12. The Morgan fingerprint density at radius 3 is 2.62 bits per heavy atom. The molecule has 0 bridgehead atoms. The van der Waals surface area contributed by atoms with Crippen LogP contribution in [0.1, 0.15) is 28.5 Å². The normalized spacial score (nSPS) is 12.1. The van der Waals surface area contributed by atoms with E-state index in [2.05, 4.69) is 9.55 Å². The summed E-state index contributed by atoms with van der Waals surface area (Å²) in [6.45, 7) is 6.56. The molecule has 0 radical (unpaired) electrons. The third-order valence-electron chi connectivity index (χ3n) is 5.37. The lowest BCUT2D eigenvalue weighted by Crippen LogP contribution is -2.22. The predicted octanol–water partition coefficient (Wildman–Crippen LogP) is 4.06. The zero-order valence-corrected chi connectivity index (χ0v) is 18.5. The zero-order valence-electron chi connectivity index (χ0n) is 18.5. The van der Waals surface area contributed by atoms with E-state index in [0.717, 1.165) is 22.3 Å². The number of aliphatic hydroxyl groups excluding tert-OH is 1. The van der Waals surface area contributed by atoms with E-state index in [1.807, 2.05) is 56.3 Å². The van der Waals surface area contributed by atoms with Crippen LogP contribution in [0.4, 0.5) is 0 Å². The molecular formula is C25H27N3O4. The van der Waals surface area contributed by atoms with E-state index in [4.69, 9.17) is 9.47 Å². The maximum atomic E-state index is 12.8. The van der Waals surface area contributed by atoms with Gasteiger partial charge in [-0.3, -0.25) is 0 Å². The minimum atomic E-state index is -0.691. The van der Waals surface area contributed by atoms with Crippen molar-refractivity contribution < 1.29 is 19.4 Å². The van der Waals surface area contributed by atoms with Crippen LogP contribution in [0.15, 0.2) is 61.2 Å². The number of ether oxygens (including phenoxy) is 2. The van der Waals surface area contributed by atoms with Gasteiger partial charge in [-0.25, -0.2) is 9.78 Å². The van der Waals surface area contributed by atoms with E-state index in [9.17, 15) is 9.90 Å². The maximum absolute atomic E-state index is 12.8. The third-order valence-corrected chi connectivity index (χ3v) is 5.37. The lowest BCUT2D eigenvalue weighted by atomic mass is 10.1. The van der Waals surface area contributed by atoms with Crippen molar-refractivity contribution in [3.05, 3.63) is 78.0 Å². The van der Waals surface area contributed by atoms with Gasteiger partial charge in [-0.15, -0.1) is 0 Å². The standard InChI is InChI=1S/C25H27N3O4/c1-4-31-25(30)24-18(3)28(19-7-5-17(2)6-8-19)23-10-9-21(13-22(23)24)32-15-20(29)14-27-12-11-26-16-27/h5-13,16,20,29H,4,14-15H2,1-3H3/t20-/m1/s1. The molecule has 166 valence electrons. The number of benzene rings is 2. The lowest BCUT2D eigenvalue weighted by Gasteiger charge is -2.13. The molecular weight excluding hydrogens is 406 g/mol. The first-order chi connectivity index (χ1) is 15.5. The summed E-state index contributed by atoms with van der Waals surface area (Å²) in [4.78, 5) is 16.8. The number of esters is 1. The summed E-state index contributed by atoms with van der Waals surface area (Å²) in [7, 11) is 0. The second-order valence-electron chi connectivity index (χ2n) is 7.76. The molecule has 0 aliphatic heterocycles. The van der Waals surface area contributed by atoms with Crippen molar-refractivity contribution in [3.8, 4) is 11.4 Å². The highest BCUT2D eigenvalue weighted by Gasteiger charge is 2.22. The van der Waals surface area contributed by atoms with Gasteiger partial charge in [-0.1, -0.05) is 17.7 Å². The summed E-state index contributed by atoms with van der Waals surface area (Å²) >= 11 is 0. The fourth-order valence-electron chi connectivity index (χ4n) is 3.86. The average molecular weight is 434 g/mol. The van der Waals surface area contributed by atoms with E-state index in [-0.39, 0.29) is 12.6 Å². The van der Waals surface area contributed by atoms with Crippen molar-refractivity contribution in [2.45, 2.75) is 33.4 Å². The van der Waals surface area contributed by atoms with Gasteiger partial charge in [0, 0.05) is 29.2 Å². The molecule has 0 aliphatic carbocycles. The predicted molar refractivity (Wildman–Crippen MR) is 122 cm³/mol. The number of imidazole rings is 1. The Morgan fingerprint density at radius 1 is 1.16 bits per heavy atom. The fourth-order valence-corrected chi connectivity index (χ4v) is 3.86. The molecule has 0 unspecified atom stereocenters. The Labute approximate surface area is 186 Å². The van der Waals surface area contributed by atoms with Crippen molar-refractivity contribution in [1.29, 1.82) is 0 Å². The van der Waals surface area contributed by atoms with Crippen LogP contribution in [0.5, 0.6) is 5.75 Å². The molecule has 2 heterocycles. The quantitative estimate of drug-likeness (QED) is 0.424. The largest absolute Gasteiger partial charge is 0.491 e. The maximum Gasteiger partial charge on any atom is 0.340 e. The minimum absolute atomic E-state index is 0.121. The molecule has 7 heteroatoms. The molecule has 4 aromatic rings. The summed E-state index contributed by atoms with van der Waals surface area (Å²) in [6.07, 6.45) is 4.41. The van der Waals surface area contributed by atoms with E-state index in [0.29, 0.717) is 24.5 Å². The first-order valence-electron chi connectivity index (χ1n) is 10.6. The number of nitrogens with zero attached hydrogens (tertiary/aromatic N) is 3. The molecule has 4 rings (SSSR count). The minimum Gasteiger partial charge on any atom is -0.491 e. The zero-order chi connectivity index (χ0) is 22.7. The number of hydrogen-bond acceptors (Lipinski definition) is 5. The van der Waals surface area contributed by atoms with Crippen LogP contribution in [0.2, 0.25) is 0 Å². The molecule has 32 heavy (non-hydrogen) atoms. The second kappa shape index (κ2) is 9.28. The average Bonchev–Trinajstić information content (AvgIpc) is 3.38. The highest BCUT2D eigenvalue weighted by Crippen LogP contribution is 2.32. The van der Waals surface area contributed by atoms with Crippen LogP contribution >= 0.6 is 0 Å². The molecule has 0 aliphatic rings. The van der Waals surface area contributed by atoms with Crippen LogP contribution in [-0.2, 0) is 11.3 Å². The van der Waals surface area contributed by atoms with Gasteiger partial charge in [-0.2, -0.15) is 0 Å². The van der Waals surface area contributed by atoms with Crippen LogP contribution in [0.25, 0.3) is 16.6 Å². The summed E-state index contributed by atoms with van der Waals surface area (Å²) in [5.41, 5.74) is 4.35. The Hall–Kier alpha value is -3.58. The van der Waals surface area contributed by atoms with Gasteiger partial charge in [-0.05, 0) is 51.1 Å². The van der Waals surface area contributed by atoms with Gasteiger partial charge in [0.2, 0.25) is 0 Å². The number of aromatic nitrogens is 3. The molecule has 2 aromatic carbocycles. The Balaban J connectivity index is 1.68. The highest BCUT2D eigenvalue weighted by atomic mass is 16.5. The van der Waals surface area contributed by atoms with Gasteiger partial charge in [0.25, 0.3) is 0 Å². The molecule has 1 atom stereocenters. The molecule has 0 saturated carbocycles. The van der Waals surface area contributed by atoms with Crippen LogP contribution in [0.3, 0.4) is 0 Å². The van der Waals surface area contributed by atoms with E-state index >= 15 is 0 Å².